The zero-order valence-electron chi connectivity index (χ0n) is 10.8. The van der Waals surface area contributed by atoms with Crippen molar-refractivity contribution >= 4 is 24.8 Å². The first-order chi connectivity index (χ1) is 10.1. The lowest BCUT2D eigenvalue weighted by Crippen LogP contribution is -2.40. The molecule has 0 spiro atoms. The van der Waals surface area contributed by atoms with Crippen LogP contribution in [0.15, 0.2) is 41.8 Å². The van der Waals surface area contributed by atoms with Gasteiger partial charge in [-0.15, -0.1) is 0 Å². The molecular weight excluding hydrogens is 291 g/mol. The molecule has 1 aromatic carbocycles. The third-order valence-electron chi connectivity index (χ3n) is 3.10. The summed E-state index contributed by atoms with van der Waals surface area (Å²) in [7, 11) is -1.10. The van der Waals surface area contributed by atoms with E-state index < -0.39 is 13.1 Å². The lowest BCUT2D eigenvalue weighted by Gasteiger charge is -2.27. The van der Waals surface area contributed by atoms with E-state index in [0.29, 0.717) is 11.6 Å². The number of carboxylic acid groups (broad SMARTS) is 1. The number of hydrogen-bond acceptors (Lipinski definition) is 6. The van der Waals surface area contributed by atoms with E-state index in [0.717, 1.165) is 5.56 Å². The first-order valence-electron chi connectivity index (χ1n) is 6.29. The van der Waals surface area contributed by atoms with Crippen molar-refractivity contribution in [2.24, 2.45) is 0 Å². The normalized spacial score (nSPS) is 17.0. The van der Waals surface area contributed by atoms with E-state index in [1.165, 1.54) is 17.8 Å². The van der Waals surface area contributed by atoms with Gasteiger partial charge in [0.1, 0.15) is 5.75 Å². The predicted molar refractivity (Wildman–Crippen MR) is 77.4 cm³/mol. The molecule has 6 nitrogen and oxygen atoms in total. The molecule has 2 aromatic rings. The molecule has 1 aliphatic heterocycles. The highest BCUT2D eigenvalue weighted by Crippen LogP contribution is 2.35. The fourth-order valence-corrected chi connectivity index (χ4v) is 3.10. The highest BCUT2D eigenvalue weighted by Gasteiger charge is 2.37. The zero-order chi connectivity index (χ0) is 14.8. The van der Waals surface area contributed by atoms with Crippen molar-refractivity contribution in [2.45, 2.75) is 16.7 Å². The molecule has 0 radical (unpaired) electrons. The second kappa shape index (κ2) is 5.75. The van der Waals surface area contributed by atoms with Gasteiger partial charge in [0.2, 0.25) is 0 Å². The highest BCUT2D eigenvalue weighted by atomic mass is 32.2. The summed E-state index contributed by atoms with van der Waals surface area (Å²) in [4.78, 5) is 19.4. The average molecular weight is 302 g/mol. The second-order valence-corrected chi connectivity index (χ2v) is 5.71. The molecule has 1 atom stereocenters. The Labute approximate surface area is 125 Å². The van der Waals surface area contributed by atoms with Gasteiger partial charge in [0.15, 0.2) is 5.16 Å². The van der Waals surface area contributed by atoms with Gasteiger partial charge in [0.25, 0.3) is 0 Å². The van der Waals surface area contributed by atoms with Crippen LogP contribution < -0.4 is 4.65 Å². The summed E-state index contributed by atoms with van der Waals surface area (Å²) in [5, 5.41) is 19.5. The van der Waals surface area contributed by atoms with E-state index in [1.807, 2.05) is 0 Å². The summed E-state index contributed by atoms with van der Waals surface area (Å²) in [5.41, 5.74) is 0.819. The van der Waals surface area contributed by atoms with Crippen LogP contribution in [0.5, 0.6) is 5.75 Å². The Balaban J connectivity index is 1.86. The summed E-state index contributed by atoms with van der Waals surface area (Å²) in [5.74, 6) is -0.833. The predicted octanol–water partition coefficient (Wildman–Crippen LogP) is 1.29. The van der Waals surface area contributed by atoms with Gasteiger partial charge >= 0.3 is 13.1 Å². The monoisotopic (exact) mass is 302 g/mol. The van der Waals surface area contributed by atoms with Crippen LogP contribution in [0.3, 0.4) is 0 Å². The minimum Gasteiger partial charge on any atom is -0.535 e. The summed E-state index contributed by atoms with van der Waals surface area (Å²) in [6, 6.07) is 6.64. The Morgan fingerprint density at radius 3 is 2.81 bits per heavy atom. The smallest absolute Gasteiger partial charge is 0.535 e. The molecule has 3 rings (SSSR count). The van der Waals surface area contributed by atoms with Gasteiger partial charge in [-0.25, -0.2) is 14.8 Å². The van der Waals surface area contributed by atoms with Gasteiger partial charge < -0.3 is 14.8 Å². The molecule has 1 aromatic heterocycles. The Morgan fingerprint density at radius 1 is 1.33 bits per heavy atom. The molecule has 1 aliphatic rings. The van der Waals surface area contributed by atoms with E-state index in [-0.39, 0.29) is 16.5 Å². The van der Waals surface area contributed by atoms with Crippen molar-refractivity contribution in [2.75, 3.05) is 0 Å². The Morgan fingerprint density at radius 2 is 2.10 bits per heavy atom. The maximum atomic E-state index is 11.2. The van der Waals surface area contributed by atoms with Crippen molar-refractivity contribution < 1.29 is 19.6 Å². The molecule has 0 amide bonds. The summed E-state index contributed by atoms with van der Waals surface area (Å²) >= 11 is 1.31. The third kappa shape index (κ3) is 2.86. The largest absolute Gasteiger partial charge is 0.537 e. The number of fused-ring (bicyclic) bond motifs is 1. The van der Waals surface area contributed by atoms with Gasteiger partial charge in [-0.2, -0.15) is 0 Å². The number of carbonyl (C=O) groups is 1. The van der Waals surface area contributed by atoms with Crippen molar-refractivity contribution in [3.8, 4) is 5.75 Å². The quantitative estimate of drug-likeness (QED) is 0.652. The van der Waals surface area contributed by atoms with Crippen LogP contribution in [0.2, 0.25) is 0 Å². The van der Waals surface area contributed by atoms with Crippen LogP contribution in [-0.4, -0.2) is 38.3 Å². The molecule has 0 unspecified atom stereocenters. The molecule has 0 aliphatic carbocycles. The molecule has 21 heavy (non-hydrogen) atoms. The van der Waals surface area contributed by atoms with Gasteiger partial charge in [-0.05, 0) is 24.1 Å². The minimum absolute atomic E-state index is 0.0611. The third-order valence-corrected chi connectivity index (χ3v) is 4.23. The number of para-hydroxylation sites is 1. The fourth-order valence-electron chi connectivity index (χ4n) is 2.15. The maximum absolute atomic E-state index is 11.2. The number of benzene rings is 1. The van der Waals surface area contributed by atoms with Gasteiger partial charge in [0.05, 0.1) is 10.7 Å². The molecule has 2 heterocycles. The lowest BCUT2D eigenvalue weighted by atomic mass is 9.77. The number of rotatable bonds is 3. The van der Waals surface area contributed by atoms with E-state index in [2.05, 4.69) is 9.97 Å². The highest BCUT2D eigenvalue weighted by molar-refractivity contribution is 8.01. The first-order valence-corrected chi connectivity index (χ1v) is 7.16. The van der Waals surface area contributed by atoms with E-state index in [9.17, 15) is 9.82 Å². The molecule has 0 bridgehead atoms. The second-order valence-electron chi connectivity index (χ2n) is 4.50. The van der Waals surface area contributed by atoms with E-state index in [4.69, 9.17) is 9.76 Å². The van der Waals surface area contributed by atoms with Crippen LogP contribution in [-0.2, 0) is 6.42 Å². The first kappa shape index (κ1) is 13.9. The zero-order valence-corrected chi connectivity index (χ0v) is 11.7. The molecular formula is C13H11BN2O4S. The van der Waals surface area contributed by atoms with Crippen molar-refractivity contribution in [1.29, 1.82) is 0 Å². The summed E-state index contributed by atoms with van der Waals surface area (Å²) < 4.78 is 5.41. The summed E-state index contributed by atoms with van der Waals surface area (Å²) in [6.07, 6.45) is 3.74. The number of aromatic carboxylic acids is 1. The standard InChI is InChI=1S/C13H11BN2O4S/c17-12(18)9-4-1-3-8-7-10(14(19)20-11(8)9)21-13-15-5-2-6-16-13/h1-6,10,19H,7H2,(H,17,18)/t10-/m0/s1. The topological polar surface area (TPSA) is 92.5 Å². The van der Waals surface area contributed by atoms with Gasteiger partial charge in [-0.1, -0.05) is 23.9 Å². The Kier molecular flexibility index (Phi) is 3.81. The van der Waals surface area contributed by atoms with E-state index in [1.54, 1.807) is 30.6 Å². The number of hydrogen-bond donors (Lipinski definition) is 2. The van der Waals surface area contributed by atoms with Gasteiger partial charge in [0, 0.05) is 12.4 Å². The van der Waals surface area contributed by atoms with Crippen molar-refractivity contribution in [3.63, 3.8) is 0 Å². The molecule has 0 saturated heterocycles. The summed E-state index contributed by atoms with van der Waals surface area (Å²) in [6.45, 7) is 0. The van der Waals surface area contributed by atoms with Crippen LogP contribution in [0.25, 0.3) is 0 Å². The lowest BCUT2D eigenvalue weighted by molar-refractivity contribution is 0.0694. The van der Waals surface area contributed by atoms with Gasteiger partial charge in [-0.3, -0.25) is 0 Å². The SMILES string of the molecule is O=C(O)c1cccc2c1OB(O)[C@@H](Sc1ncccn1)C2. The average Bonchev–Trinajstić information content (AvgIpc) is 2.48. The molecule has 2 N–H and O–H groups in total. The number of thioether (sulfide) groups is 1. The Bertz CT molecular complexity index is 670. The number of carboxylic acids is 1. The van der Waals surface area contributed by atoms with E-state index >= 15 is 0 Å². The molecule has 0 saturated carbocycles. The van der Waals surface area contributed by atoms with Crippen LogP contribution in [0.4, 0.5) is 0 Å². The van der Waals surface area contributed by atoms with Crippen molar-refractivity contribution in [3.05, 3.63) is 47.8 Å². The maximum Gasteiger partial charge on any atom is 0.537 e. The van der Waals surface area contributed by atoms with Crippen LogP contribution >= 0.6 is 11.8 Å². The van der Waals surface area contributed by atoms with Crippen LogP contribution in [0, 0.1) is 0 Å². The number of nitrogens with zero attached hydrogens (tertiary/aromatic N) is 2. The molecule has 0 fully saturated rings. The fraction of sp³-hybridized carbons (Fsp3) is 0.154. The van der Waals surface area contributed by atoms with Crippen LogP contribution in [0.1, 0.15) is 15.9 Å². The molecule has 8 heteroatoms. The number of aromatic nitrogens is 2. The van der Waals surface area contributed by atoms with Crippen molar-refractivity contribution in [1.82, 2.24) is 9.97 Å². The molecule has 106 valence electrons. The Hall–Kier alpha value is -2.06. The minimum atomic E-state index is -1.10.